The van der Waals surface area contributed by atoms with Gasteiger partial charge in [0.2, 0.25) is 0 Å². The molecule has 0 fully saturated rings. The molecule has 0 aliphatic rings. The molecular weight excluding hydrogens is 324 g/mol. The quantitative estimate of drug-likeness (QED) is 0.291. The number of aromatic hydroxyl groups is 1. The Morgan fingerprint density at radius 3 is 1.90 bits per heavy atom. The summed E-state index contributed by atoms with van der Waals surface area (Å²) >= 11 is 0. The van der Waals surface area contributed by atoms with Crippen LogP contribution >= 0.6 is 0 Å². The molecule has 0 amide bonds. The second-order valence-corrected chi connectivity index (χ2v) is 6.94. The molecule has 0 atom stereocenters. The Hall–Kier alpha value is -2.08. The monoisotopic (exact) mass is 334 g/mol. The van der Waals surface area contributed by atoms with E-state index >= 15 is 0 Å². The highest BCUT2D eigenvalue weighted by Crippen LogP contribution is 2.41. The minimum atomic E-state index is -4.82. The van der Waals surface area contributed by atoms with Crippen molar-refractivity contribution in [2.24, 2.45) is 0 Å². The third-order valence-corrected chi connectivity index (χ3v) is 4.63. The zero-order chi connectivity index (χ0) is 16.2. The molecule has 0 aliphatic carbocycles. The molecule has 2 aromatic rings. The Morgan fingerprint density at radius 2 is 1.43 bits per heavy atom. The van der Waals surface area contributed by atoms with E-state index in [0.29, 0.717) is 6.07 Å². The Morgan fingerprint density at radius 1 is 0.905 bits per heavy atom. The van der Waals surface area contributed by atoms with Crippen LogP contribution in [-0.2, 0) is 20.2 Å². The van der Waals surface area contributed by atoms with Gasteiger partial charge < -0.3 is 16.6 Å². The van der Waals surface area contributed by atoms with Crippen LogP contribution in [-0.4, -0.2) is 31.0 Å². The fraction of sp³-hybridized carbons (Fsp3) is 0. The average molecular weight is 334 g/mol. The minimum Gasteiger partial charge on any atom is -0.505 e. The van der Waals surface area contributed by atoms with E-state index in [4.69, 9.17) is 20.6 Å². The number of nitrogens with two attached hydrogens (primary N) is 2. The van der Waals surface area contributed by atoms with Gasteiger partial charge in [-0.25, -0.2) is 0 Å². The smallest absolute Gasteiger partial charge is 0.296 e. The van der Waals surface area contributed by atoms with Crippen molar-refractivity contribution in [3.63, 3.8) is 0 Å². The number of nitrogen functional groups attached to an aromatic ring is 2. The molecule has 0 aliphatic heterocycles. The summed E-state index contributed by atoms with van der Waals surface area (Å²) in [6, 6.07) is 2.73. The lowest BCUT2D eigenvalue weighted by Gasteiger charge is -2.12. The second-order valence-electron chi connectivity index (χ2n) is 4.16. The zero-order valence-electron chi connectivity index (χ0n) is 10.2. The van der Waals surface area contributed by atoms with Crippen molar-refractivity contribution in [1.29, 1.82) is 0 Å². The van der Waals surface area contributed by atoms with Crippen LogP contribution in [0.1, 0.15) is 0 Å². The van der Waals surface area contributed by atoms with E-state index in [2.05, 4.69) is 0 Å². The summed E-state index contributed by atoms with van der Waals surface area (Å²) in [6.45, 7) is 0. The Labute approximate surface area is 119 Å². The summed E-state index contributed by atoms with van der Waals surface area (Å²) in [4.78, 5) is -1.59. The molecule has 0 radical (unpaired) electrons. The first-order valence-electron chi connectivity index (χ1n) is 5.23. The van der Waals surface area contributed by atoms with Crippen LogP contribution in [0.2, 0.25) is 0 Å². The maximum atomic E-state index is 11.3. The van der Waals surface area contributed by atoms with Crippen molar-refractivity contribution in [2.75, 3.05) is 11.5 Å². The van der Waals surface area contributed by atoms with E-state index in [1.807, 2.05) is 0 Å². The van der Waals surface area contributed by atoms with Gasteiger partial charge in [-0.15, -0.1) is 0 Å². The molecule has 2 aromatic carbocycles. The molecule has 11 heteroatoms. The van der Waals surface area contributed by atoms with Crippen molar-refractivity contribution < 1.29 is 31.0 Å². The number of fused-ring (bicyclic) bond motifs is 1. The van der Waals surface area contributed by atoms with Crippen LogP contribution in [0.25, 0.3) is 10.8 Å². The number of benzene rings is 2. The number of phenols is 1. The SMILES string of the molecule is Nc1c(S(=O)(=O)O)cc2c(S(=O)(=O)O)ccc(N)c2c1O. The van der Waals surface area contributed by atoms with E-state index in [1.165, 1.54) is 0 Å². The third kappa shape index (κ3) is 2.47. The van der Waals surface area contributed by atoms with Gasteiger partial charge in [0.1, 0.15) is 15.5 Å². The predicted molar refractivity (Wildman–Crippen MR) is 74.1 cm³/mol. The number of rotatable bonds is 2. The molecule has 0 saturated carbocycles. The van der Waals surface area contributed by atoms with Crippen LogP contribution in [0.15, 0.2) is 28.0 Å². The Bertz CT molecular complexity index is 965. The summed E-state index contributed by atoms with van der Waals surface area (Å²) in [5, 5.41) is 9.27. The lowest BCUT2D eigenvalue weighted by molar-refractivity contribution is 0.473. The first-order chi connectivity index (χ1) is 9.44. The minimum absolute atomic E-state index is 0.0940. The lowest BCUT2D eigenvalue weighted by Crippen LogP contribution is -2.06. The van der Waals surface area contributed by atoms with Gasteiger partial charge in [0.25, 0.3) is 20.2 Å². The van der Waals surface area contributed by atoms with Crippen molar-refractivity contribution in [2.45, 2.75) is 9.79 Å². The summed E-state index contributed by atoms with van der Waals surface area (Å²) in [5.41, 5.74) is 10.2. The average Bonchev–Trinajstić information content (AvgIpc) is 2.30. The van der Waals surface area contributed by atoms with Crippen LogP contribution in [0.5, 0.6) is 5.75 Å². The van der Waals surface area contributed by atoms with E-state index < -0.39 is 46.9 Å². The molecule has 0 unspecified atom stereocenters. The normalized spacial score (nSPS) is 12.7. The second kappa shape index (κ2) is 4.46. The fourth-order valence-electron chi connectivity index (χ4n) is 1.92. The molecule has 0 heterocycles. The van der Waals surface area contributed by atoms with Crippen LogP contribution in [0.4, 0.5) is 11.4 Å². The summed E-state index contributed by atoms with van der Waals surface area (Å²) < 4.78 is 63.2. The molecule has 0 bridgehead atoms. The summed E-state index contributed by atoms with van der Waals surface area (Å²) in [6.07, 6.45) is 0. The zero-order valence-corrected chi connectivity index (χ0v) is 11.8. The van der Waals surface area contributed by atoms with Crippen molar-refractivity contribution in [1.82, 2.24) is 0 Å². The van der Waals surface area contributed by atoms with Gasteiger partial charge in [0.05, 0.1) is 11.1 Å². The molecule has 2 rings (SSSR count). The molecular formula is C10H10N2O7S2. The third-order valence-electron chi connectivity index (χ3n) is 2.83. The summed E-state index contributed by atoms with van der Waals surface area (Å²) in [7, 11) is -9.55. The summed E-state index contributed by atoms with van der Waals surface area (Å²) in [5.74, 6) is -0.817. The standard InChI is InChI=1S/C10H10N2O7S2/c11-5-1-2-6(20(14,15)16)4-3-7(21(17,18)19)9(12)10(13)8(4)5/h1-3,13H,11-12H2,(H,14,15,16)(H,17,18,19). The largest absolute Gasteiger partial charge is 0.505 e. The highest BCUT2D eigenvalue weighted by Gasteiger charge is 2.24. The van der Waals surface area contributed by atoms with Crippen molar-refractivity contribution >= 4 is 42.4 Å². The highest BCUT2D eigenvalue weighted by atomic mass is 32.2. The van der Waals surface area contributed by atoms with Gasteiger partial charge in [0, 0.05) is 11.1 Å². The van der Waals surface area contributed by atoms with Crippen LogP contribution in [0, 0.1) is 0 Å². The number of anilines is 2. The first kappa shape index (κ1) is 15.3. The highest BCUT2D eigenvalue weighted by molar-refractivity contribution is 7.86. The molecule has 21 heavy (non-hydrogen) atoms. The van der Waals surface area contributed by atoms with Gasteiger partial charge in [-0.2, -0.15) is 16.8 Å². The van der Waals surface area contributed by atoms with E-state index in [-0.39, 0.29) is 11.1 Å². The fourth-order valence-corrected chi connectivity index (χ4v) is 3.24. The van der Waals surface area contributed by atoms with Crippen molar-refractivity contribution in [3.05, 3.63) is 18.2 Å². The van der Waals surface area contributed by atoms with Crippen LogP contribution < -0.4 is 11.5 Å². The predicted octanol–water partition coefficient (Wildman–Crippen LogP) is 0.203. The molecule has 114 valence electrons. The first-order valence-corrected chi connectivity index (χ1v) is 8.11. The van der Waals surface area contributed by atoms with Gasteiger partial charge in [-0.3, -0.25) is 9.11 Å². The van der Waals surface area contributed by atoms with E-state index in [9.17, 15) is 21.9 Å². The topological polar surface area (TPSA) is 181 Å². The van der Waals surface area contributed by atoms with Gasteiger partial charge in [-0.05, 0) is 18.2 Å². The van der Waals surface area contributed by atoms with Gasteiger partial charge in [-0.1, -0.05) is 0 Å². The number of hydrogen-bond donors (Lipinski definition) is 5. The molecule has 0 spiro atoms. The van der Waals surface area contributed by atoms with Gasteiger partial charge in [0.15, 0.2) is 0 Å². The lowest BCUT2D eigenvalue weighted by atomic mass is 10.1. The molecule has 7 N–H and O–H groups in total. The van der Waals surface area contributed by atoms with Gasteiger partial charge >= 0.3 is 0 Å². The maximum absolute atomic E-state index is 11.3. The molecule has 9 nitrogen and oxygen atoms in total. The van der Waals surface area contributed by atoms with Crippen molar-refractivity contribution in [3.8, 4) is 5.75 Å². The number of phenolic OH excluding ortho intramolecular Hbond substituents is 1. The van der Waals surface area contributed by atoms with E-state index in [1.54, 1.807) is 0 Å². The Kier molecular flexibility index (Phi) is 3.25. The number of hydrogen-bond acceptors (Lipinski definition) is 7. The van der Waals surface area contributed by atoms with E-state index in [0.717, 1.165) is 12.1 Å². The maximum Gasteiger partial charge on any atom is 0.296 e. The molecule has 0 aromatic heterocycles. The Balaban J connectivity index is 3.16. The van der Waals surface area contributed by atoms with Crippen LogP contribution in [0.3, 0.4) is 0 Å². The molecule has 0 saturated heterocycles.